The summed E-state index contributed by atoms with van der Waals surface area (Å²) >= 11 is 0. The van der Waals surface area contributed by atoms with E-state index in [0.29, 0.717) is 6.04 Å². The highest BCUT2D eigenvalue weighted by Gasteiger charge is 2.30. The van der Waals surface area contributed by atoms with Crippen LogP contribution in [0.5, 0.6) is 5.75 Å². The van der Waals surface area contributed by atoms with Crippen molar-refractivity contribution in [2.45, 2.75) is 32.9 Å². The molecule has 3 aromatic rings. The molecule has 7 heteroatoms. The van der Waals surface area contributed by atoms with Crippen LogP contribution in [0.1, 0.15) is 32.4 Å². The number of aromatic nitrogens is 2. The lowest BCUT2D eigenvalue weighted by molar-refractivity contribution is -0.152. The third-order valence-corrected chi connectivity index (χ3v) is 6.44. The van der Waals surface area contributed by atoms with Gasteiger partial charge in [0.2, 0.25) is 0 Å². The number of hydrogen-bond acceptors (Lipinski definition) is 6. The van der Waals surface area contributed by atoms with Crippen molar-refractivity contribution >= 4 is 16.7 Å². The normalized spacial score (nSPS) is 17.0. The summed E-state index contributed by atoms with van der Waals surface area (Å²) in [6.45, 7) is 9.58. The topological polar surface area (TPSA) is 65.8 Å². The molecular formula is C26H33N3O4. The van der Waals surface area contributed by atoms with Gasteiger partial charge in [-0.2, -0.15) is 0 Å². The van der Waals surface area contributed by atoms with Crippen LogP contribution in [0, 0.1) is 5.41 Å². The summed E-state index contributed by atoms with van der Waals surface area (Å²) < 4.78 is 18.5. The van der Waals surface area contributed by atoms with Crippen molar-refractivity contribution in [3.63, 3.8) is 0 Å². The minimum absolute atomic E-state index is 0.145. The van der Waals surface area contributed by atoms with E-state index >= 15 is 0 Å². The minimum atomic E-state index is -0.707. The summed E-state index contributed by atoms with van der Waals surface area (Å²) in [5.41, 5.74) is 0.529. The fraction of sp³-hybridized carbons (Fsp3) is 0.462. The molecule has 0 radical (unpaired) electrons. The number of carbonyl (C=O) groups is 1. The number of morpholine rings is 1. The van der Waals surface area contributed by atoms with Gasteiger partial charge in [0.25, 0.3) is 0 Å². The van der Waals surface area contributed by atoms with Gasteiger partial charge < -0.3 is 18.8 Å². The van der Waals surface area contributed by atoms with Gasteiger partial charge in [-0.3, -0.25) is 9.69 Å². The van der Waals surface area contributed by atoms with Crippen LogP contribution in [0.25, 0.3) is 10.8 Å². The molecule has 1 saturated heterocycles. The molecule has 0 spiro atoms. The van der Waals surface area contributed by atoms with Crippen LogP contribution in [0.4, 0.5) is 0 Å². The zero-order valence-corrected chi connectivity index (χ0v) is 19.9. The Bertz CT molecular complexity index is 1070. The fourth-order valence-electron chi connectivity index (χ4n) is 4.43. The maximum atomic E-state index is 11.9. The molecular weight excluding hydrogens is 418 g/mol. The van der Waals surface area contributed by atoms with Gasteiger partial charge in [0.05, 0.1) is 38.1 Å². The third kappa shape index (κ3) is 5.20. The molecule has 1 aromatic heterocycles. The van der Waals surface area contributed by atoms with Crippen LogP contribution < -0.4 is 4.74 Å². The molecule has 0 N–H and O–H groups in total. The molecule has 0 saturated carbocycles. The predicted molar refractivity (Wildman–Crippen MR) is 127 cm³/mol. The van der Waals surface area contributed by atoms with E-state index in [2.05, 4.69) is 45.6 Å². The van der Waals surface area contributed by atoms with Crippen LogP contribution in [-0.4, -0.2) is 66.5 Å². The van der Waals surface area contributed by atoms with Crippen LogP contribution in [0.2, 0.25) is 0 Å². The number of carbonyl (C=O) groups excluding carboxylic acids is 1. The SMILES string of the molecule is COC(=O)C(C)(C)COc1ccc2cc(C(C(C)N3CCOCC3)n3ccnc3)ccc2c1. The molecule has 2 aromatic carbocycles. The van der Waals surface area contributed by atoms with Crippen molar-refractivity contribution in [1.29, 1.82) is 0 Å². The van der Waals surface area contributed by atoms with Gasteiger partial charge in [0.1, 0.15) is 12.4 Å². The summed E-state index contributed by atoms with van der Waals surface area (Å²) in [5.74, 6) is 0.452. The molecule has 1 fully saturated rings. The Hall–Kier alpha value is -2.90. The highest BCUT2D eigenvalue weighted by molar-refractivity contribution is 5.84. The van der Waals surface area contributed by atoms with E-state index in [9.17, 15) is 4.79 Å². The lowest BCUT2D eigenvalue weighted by Gasteiger charge is -2.37. The zero-order chi connectivity index (χ0) is 23.4. The van der Waals surface area contributed by atoms with Gasteiger partial charge in [-0.05, 0) is 55.3 Å². The first-order chi connectivity index (χ1) is 15.9. The maximum absolute atomic E-state index is 11.9. The second-order valence-electron chi connectivity index (χ2n) is 9.28. The Balaban J connectivity index is 1.58. The number of rotatable bonds is 8. The summed E-state index contributed by atoms with van der Waals surface area (Å²) in [6, 6.07) is 13.1. The van der Waals surface area contributed by atoms with E-state index in [4.69, 9.17) is 14.2 Å². The van der Waals surface area contributed by atoms with E-state index in [1.807, 2.05) is 44.7 Å². The molecule has 2 heterocycles. The second kappa shape index (κ2) is 9.93. The highest BCUT2D eigenvalue weighted by Crippen LogP contribution is 2.31. The van der Waals surface area contributed by atoms with E-state index in [0.717, 1.165) is 42.8 Å². The first-order valence-corrected chi connectivity index (χ1v) is 11.4. The molecule has 2 unspecified atom stereocenters. The number of benzene rings is 2. The Morgan fingerprint density at radius 2 is 1.88 bits per heavy atom. The molecule has 0 aliphatic carbocycles. The predicted octanol–water partition coefficient (Wildman–Crippen LogP) is 3.92. The summed E-state index contributed by atoms with van der Waals surface area (Å²) in [7, 11) is 1.40. The molecule has 2 atom stereocenters. The van der Waals surface area contributed by atoms with Gasteiger partial charge in [-0.15, -0.1) is 0 Å². The van der Waals surface area contributed by atoms with E-state index < -0.39 is 5.41 Å². The average molecular weight is 452 g/mol. The van der Waals surface area contributed by atoms with Crippen molar-refractivity contribution in [2.24, 2.45) is 5.41 Å². The standard InChI is InChI=1S/C26H33N3O4/c1-19(28-11-13-32-14-12-28)24(29-10-9-27-18-29)22-6-5-21-16-23(8-7-20(21)15-22)33-17-26(2,3)25(30)31-4/h5-10,15-16,18-19,24H,11-14,17H2,1-4H3. The van der Waals surface area contributed by atoms with Crippen LogP contribution in [-0.2, 0) is 14.3 Å². The first kappa shape index (κ1) is 23.3. The van der Waals surface area contributed by atoms with Crippen LogP contribution in [0.15, 0.2) is 55.1 Å². The van der Waals surface area contributed by atoms with Crippen molar-refractivity contribution < 1.29 is 19.0 Å². The van der Waals surface area contributed by atoms with Gasteiger partial charge in [-0.25, -0.2) is 4.98 Å². The van der Waals surface area contributed by atoms with Crippen LogP contribution in [0.3, 0.4) is 0 Å². The average Bonchev–Trinajstić information content (AvgIpc) is 3.37. The Morgan fingerprint density at radius 1 is 1.15 bits per heavy atom. The van der Waals surface area contributed by atoms with Crippen molar-refractivity contribution in [3.05, 3.63) is 60.7 Å². The number of methoxy groups -OCH3 is 1. The smallest absolute Gasteiger partial charge is 0.314 e. The monoisotopic (exact) mass is 451 g/mol. The summed E-state index contributed by atoms with van der Waals surface area (Å²) in [6.07, 6.45) is 5.76. The van der Waals surface area contributed by atoms with Gasteiger partial charge in [0, 0.05) is 31.5 Å². The largest absolute Gasteiger partial charge is 0.492 e. The molecule has 0 bridgehead atoms. The van der Waals surface area contributed by atoms with Crippen molar-refractivity contribution in [2.75, 3.05) is 40.0 Å². The number of nitrogens with zero attached hydrogens (tertiary/aromatic N) is 3. The first-order valence-electron chi connectivity index (χ1n) is 11.4. The lowest BCUT2D eigenvalue weighted by Crippen LogP contribution is -2.46. The van der Waals surface area contributed by atoms with Gasteiger partial charge in [-0.1, -0.05) is 18.2 Å². The Labute approximate surface area is 195 Å². The summed E-state index contributed by atoms with van der Waals surface area (Å²) in [4.78, 5) is 18.7. The lowest BCUT2D eigenvalue weighted by atomic mass is 9.95. The Kier molecular flexibility index (Phi) is 7.00. The minimum Gasteiger partial charge on any atom is -0.492 e. The Morgan fingerprint density at radius 3 is 2.58 bits per heavy atom. The van der Waals surface area contributed by atoms with Gasteiger partial charge >= 0.3 is 5.97 Å². The molecule has 7 nitrogen and oxygen atoms in total. The zero-order valence-electron chi connectivity index (χ0n) is 19.9. The quantitative estimate of drug-likeness (QED) is 0.484. The third-order valence-electron chi connectivity index (χ3n) is 6.44. The number of ether oxygens (including phenoxy) is 3. The van der Waals surface area contributed by atoms with E-state index in [1.165, 1.54) is 12.7 Å². The highest BCUT2D eigenvalue weighted by atomic mass is 16.5. The number of fused-ring (bicyclic) bond motifs is 1. The number of imidazole rings is 1. The van der Waals surface area contributed by atoms with Gasteiger partial charge in [0.15, 0.2) is 0 Å². The molecule has 1 aliphatic heterocycles. The number of esters is 1. The fourth-order valence-corrected chi connectivity index (χ4v) is 4.43. The van der Waals surface area contributed by atoms with E-state index in [1.54, 1.807) is 0 Å². The number of hydrogen-bond donors (Lipinski definition) is 0. The second-order valence-corrected chi connectivity index (χ2v) is 9.28. The molecule has 4 rings (SSSR count). The van der Waals surface area contributed by atoms with Crippen LogP contribution >= 0.6 is 0 Å². The molecule has 1 aliphatic rings. The van der Waals surface area contributed by atoms with E-state index in [-0.39, 0.29) is 18.6 Å². The van der Waals surface area contributed by atoms with Crippen molar-refractivity contribution in [1.82, 2.24) is 14.5 Å². The molecule has 0 amide bonds. The van der Waals surface area contributed by atoms with Crippen molar-refractivity contribution in [3.8, 4) is 5.75 Å². The maximum Gasteiger partial charge on any atom is 0.314 e. The molecule has 33 heavy (non-hydrogen) atoms. The molecule has 176 valence electrons. The summed E-state index contributed by atoms with van der Waals surface area (Å²) in [5, 5.41) is 2.24.